The molecule has 3 fully saturated rings. The number of alkyl halides is 2. The molecular formula is C29H31F7O2. The van der Waals surface area contributed by atoms with E-state index in [1.165, 1.54) is 32.1 Å². The van der Waals surface area contributed by atoms with Crippen LogP contribution in [0.25, 0.3) is 0 Å². The van der Waals surface area contributed by atoms with E-state index in [9.17, 15) is 30.7 Å². The van der Waals surface area contributed by atoms with Crippen LogP contribution < -0.4 is 4.74 Å². The van der Waals surface area contributed by atoms with Crippen LogP contribution in [-0.4, -0.2) is 12.7 Å². The summed E-state index contributed by atoms with van der Waals surface area (Å²) in [6, 6.07) is 2.10. The molecule has 38 heavy (non-hydrogen) atoms. The third-order valence-corrected chi connectivity index (χ3v) is 8.74. The van der Waals surface area contributed by atoms with Crippen molar-refractivity contribution in [2.45, 2.75) is 82.3 Å². The molecule has 0 N–H and O–H groups in total. The van der Waals surface area contributed by atoms with Crippen LogP contribution in [0.1, 0.15) is 81.3 Å². The Morgan fingerprint density at radius 3 is 1.79 bits per heavy atom. The predicted molar refractivity (Wildman–Crippen MR) is 126 cm³/mol. The van der Waals surface area contributed by atoms with Crippen LogP contribution in [0, 0.1) is 46.8 Å². The van der Waals surface area contributed by atoms with Gasteiger partial charge in [0.05, 0.1) is 12.7 Å². The molecule has 1 aliphatic heterocycles. The van der Waals surface area contributed by atoms with Gasteiger partial charge in [-0.15, -0.1) is 0 Å². The maximum Gasteiger partial charge on any atom is 0.432 e. The first-order chi connectivity index (χ1) is 18.1. The summed E-state index contributed by atoms with van der Waals surface area (Å²) in [7, 11) is 0. The van der Waals surface area contributed by atoms with Crippen LogP contribution in [0.4, 0.5) is 30.7 Å². The molecule has 2 aromatic carbocycles. The highest BCUT2D eigenvalue weighted by atomic mass is 19.3. The molecule has 5 rings (SSSR count). The summed E-state index contributed by atoms with van der Waals surface area (Å²) in [4.78, 5) is 0. The molecule has 2 atom stereocenters. The van der Waals surface area contributed by atoms with Crippen molar-refractivity contribution in [1.29, 1.82) is 0 Å². The molecule has 0 amide bonds. The molecule has 208 valence electrons. The third kappa shape index (κ3) is 5.68. The summed E-state index contributed by atoms with van der Waals surface area (Å²) in [5, 5.41) is 0. The Labute approximate surface area is 217 Å². The summed E-state index contributed by atoms with van der Waals surface area (Å²) in [5.74, 6) is -7.94. The van der Waals surface area contributed by atoms with E-state index in [1.807, 2.05) is 0 Å². The Hall–Kier alpha value is -2.29. The van der Waals surface area contributed by atoms with Crippen molar-refractivity contribution < 1.29 is 40.2 Å². The molecule has 0 aromatic heterocycles. The van der Waals surface area contributed by atoms with Gasteiger partial charge in [-0.3, -0.25) is 0 Å². The van der Waals surface area contributed by atoms with Crippen molar-refractivity contribution in [1.82, 2.24) is 0 Å². The summed E-state index contributed by atoms with van der Waals surface area (Å²) >= 11 is 0. The normalized spacial score (nSPS) is 27.0. The highest BCUT2D eigenvalue weighted by molar-refractivity contribution is 5.33. The second kappa shape index (κ2) is 11.1. The van der Waals surface area contributed by atoms with Crippen molar-refractivity contribution in [2.24, 2.45) is 17.8 Å². The lowest BCUT2D eigenvalue weighted by Gasteiger charge is -2.39. The van der Waals surface area contributed by atoms with Gasteiger partial charge in [-0.05, 0) is 79.9 Å². The minimum absolute atomic E-state index is 0.180. The standard InChI is InChI=1S/C29H31F7O2/c30-22-11-20(12-23(31)27(22)29(35,36)38-21-13-24(32)28(34)25(33)14-21)17-5-7-18(8-6-17)26-10-9-19(15-37-26)16-3-1-2-4-16/h11-14,16-19,26H,1-10,15H2. The van der Waals surface area contributed by atoms with Crippen LogP contribution >= 0.6 is 0 Å². The van der Waals surface area contributed by atoms with Crippen LogP contribution in [0.15, 0.2) is 24.3 Å². The minimum Gasteiger partial charge on any atom is -0.429 e. The van der Waals surface area contributed by atoms with Crippen molar-refractivity contribution >= 4 is 0 Å². The van der Waals surface area contributed by atoms with E-state index in [0.717, 1.165) is 43.9 Å². The molecule has 2 aromatic rings. The lowest BCUT2D eigenvalue weighted by Crippen LogP contribution is -2.35. The van der Waals surface area contributed by atoms with Gasteiger partial charge in [-0.25, -0.2) is 22.0 Å². The average molecular weight is 545 g/mol. The van der Waals surface area contributed by atoms with Crippen LogP contribution in [0.5, 0.6) is 5.75 Å². The molecule has 2 unspecified atom stereocenters. The Morgan fingerprint density at radius 2 is 1.24 bits per heavy atom. The quantitative estimate of drug-likeness (QED) is 0.267. The average Bonchev–Trinajstić information content (AvgIpc) is 3.42. The largest absolute Gasteiger partial charge is 0.432 e. The zero-order valence-corrected chi connectivity index (χ0v) is 20.9. The summed E-state index contributed by atoms with van der Waals surface area (Å²) in [5.41, 5.74) is -1.39. The van der Waals surface area contributed by atoms with Crippen LogP contribution in [0.3, 0.4) is 0 Å². The van der Waals surface area contributed by atoms with E-state index in [2.05, 4.69) is 4.74 Å². The van der Waals surface area contributed by atoms with Gasteiger partial charge in [-0.2, -0.15) is 8.78 Å². The lowest BCUT2D eigenvalue weighted by atomic mass is 9.74. The topological polar surface area (TPSA) is 18.5 Å². The Kier molecular flexibility index (Phi) is 7.94. The van der Waals surface area contributed by atoms with E-state index in [-0.39, 0.29) is 29.7 Å². The predicted octanol–water partition coefficient (Wildman–Crippen LogP) is 8.77. The van der Waals surface area contributed by atoms with E-state index in [4.69, 9.17) is 4.74 Å². The SMILES string of the molecule is Fc1cc(OC(F)(F)c2c(F)cc(C3CCC(C4CCC(C5CCCC5)CO4)CC3)cc2F)cc(F)c1F. The summed E-state index contributed by atoms with van der Waals surface area (Å²) in [6.07, 6.45) is 6.04. The molecule has 2 nitrogen and oxygen atoms in total. The lowest BCUT2D eigenvalue weighted by molar-refractivity contribution is -0.189. The van der Waals surface area contributed by atoms with Crippen molar-refractivity contribution in [3.8, 4) is 5.75 Å². The molecule has 0 bridgehead atoms. The second-order valence-electron chi connectivity index (χ2n) is 11.0. The van der Waals surface area contributed by atoms with Gasteiger partial charge >= 0.3 is 6.11 Å². The molecule has 1 heterocycles. The van der Waals surface area contributed by atoms with Gasteiger partial charge in [0.25, 0.3) is 0 Å². The molecule has 9 heteroatoms. The summed E-state index contributed by atoms with van der Waals surface area (Å²) in [6.45, 7) is 0.806. The van der Waals surface area contributed by atoms with E-state index < -0.39 is 46.5 Å². The maximum atomic E-state index is 14.8. The van der Waals surface area contributed by atoms with Gasteiger partial charge in [0, 0.05) is 12.1 Å². The van der Waals surface area contributed by atoms with E-state index >= 15 is 0 Å². The molecule has 3 aliphatic rings. The zero-order valence-electron chi connectivity index (χ0n) is 20.9. The Bertz CT molecular complexity index is 1090. The van der Waals surface area contributed by atoms with Crippen LogP contribution in [0.2, 0.25) is 0 Å². The Morgan fingerprint density at radius 1 is 0.658 bits per heavy atom. The van der Waals surface area contributed by atoms with Crippen LogP contribution in [-0.2, 0) is 10.8 Å². The fraction of sp³-hybridized carbons (Fsp3) is 0.586. The molecule has 0 radical (unpaired) electrons. The number of hydrogen-bond donors (Lipinski definition) is 0. The first-order valence-electron chi connectivity index (χ1n) is 13.4. The molecular weight excluding hydrogens is 513 g/mol. The smallest absolute Gasteiger partial charge is 0.429 e. The van der Waals surface area contributed by atoms with Gasteiger partial charge in [0.2, 0.25) is 0 Å². The first-order valence-corrected chi connectivity index (χ1v) is 13.4. The number of benzene rings is 2. The monoisotopic (exact) mass is 544 g/mol. The number of hydrogen-bond acceptors (Lipinski definition) is 2. The van der Waals surface area contributed by atoms with Crippen molar-refractivity contribution in [3.05, 3.63) is 64.5 Å². The fourth-order valence-corrected chi connectivity index (χ4v) is 6.69. The van der Waals surface area contributed by atoms with Crippen molar-refractivity contribution in [2.75, 3.05) is 6.61 Å². The highest BCUT2D eigenvalue weighted by Crippen LogP contribution is 2.44. The van der Waals surface area contributed by atoms with Gasteiger partial charge in [-0.1, -0.05) is 25.7 Å². The van der Waals surface area contributed by atoms with Crippen molar-refractivity contribution in [3.63, 3.8) is 0 Å². The van der Waals surface area contributed by atoms with E-state index in [1.54, 1.807) is 0 Å². The fourth-order valence-electron chi connectivity index (χ4n) is 6.69. The number of halogens is 7. The van der Waals surface area contributed by atoms with E-state index in [0.29, 0.717) is 24.7 Å². The maximum absolute atomic E-state index is 14.8. The first kappa shape index (κ1) is 27.3. The van der Waals surface area contributed by atoms with Gasteiger partial charge in [0.15, 0.2) is 17.5 Å². The number of rotatable bonds is 6. The minimum atomic E-state index is -4.59. The molecule has 0 spiro atoms. The highest BCUT2D eigenvalue weighted by Gasteiger charge is 2.42. The van der Waals surface area contributed by atoms with Gasteiger partial charge < -0.3 is 9.47 Å². The molecule has 2 saturated carbocycles. The second-order valence-corrected chi connectivity index (χ2v) is 11.0. The zero-order chi connectivity index (χ0) is 27.0. The molecule has 1 saturated heterocycles. The Balaban J connectivity index is 1.21. The third-order valence-electron chi connectivity index (χ3n) is 8.74. The summed E-state index contributed by atoms with van der Waals surface area (Å²) < 4.78 is 109. The van der Waals surface area contributed by atoms with Gasteiger partial charge in [0.1, 0.15) is 22.9 Å². The number of ether oxygens (including phenoxy) is 2. The molecule has 2 aliphatic carbocycles.